The number of amides is 1. The third-order valence-electron chi connectivity index (χ3n) is 6.83. The zero-order valence-corrected chi connectivity index (χ0v) is 22.9. The molecule has 0 aliphatic carbocycles. The van der Waals surface area contributed by atoms with Crippen LogP contribution in [0.5, 0.6) is 5.75 Å². The van der Waals surface area contributed by atoms with Gasteiger partial charge < -0.3 is 19.9 Å². The number of ether oxygens (including phenoxy) is 1. The molecule has 218 valence electrons. The van der Waals surface area contributed by atoms with Crippen LogP contribution in [0.3, 0.4) is 0 Å². The van der Waals surface area contributed by atoms with Gasteiger partial charge in [0.05, 0.1) is 28.7 Å². The van der Waals surface area contributed by atoms with Crippen LogP contribution in [0.15, 0.2) is 60.8 Å². The second kappa shape index (κ2) is 11.8. The molecular weight excluding hydrogens is 569 g/mol. The fourth-order valence-electron chi connectivity index (χ4n) is 5.01. The van der Waals surface area contributed by atoms with E-state index in [1.807, 2.05) is 16.7 Å². The molecule has 4 aromatic rings. The molecule has 7 nitrogen and oxygen atoms in total. The minimum atomic E-state index is -4.75. The minimum Gasteiger partial charge on any atom is -0.406 e. The summed E-state index contributed by atoms with van der Waals surface area (Å²) in [4.78, 5) is 16.8. The van der Waals surface area contributed by atoms with E-state index >= 15 is 4.39 Å². The average molecular weight is 596 g/mol. The van der Waals surface area contributed by atoms with Crippen LogP contribution in [-0.4, -0.2) is 47.6 Å². The lowest BCUT2D eigenvalue weighted by molar-refractivity contribution is -0.274. The van der Waals surface area contributed by atoms with Crippen LogP contribution in [0.2, 0.25) is 0 Å². The van der Waals surface area contributed by atoms with E-state index in [4.69, 9.17) is 0 Å². The summed E-state index contributed by atoms with van der Waals surface area (Å²) in [6.07, 6.45) is -3.56. The number of anilines is 2. The van der Waals surface area contributed by atoms with Gasteiger partial charge in [0, 0.05) is 37.9 Å². The van der Waals surface area contributed by atoms with Gasteiger partial charge in [-0.15, -0.1) is 25.6 Å². The average Bonchev–Trinajstić information content (AvgIpc) is 3.21. The van der Waals surface area contributed by atoms with Crippen molar-refractivity contribution in [2.75, 3.05) is 29.4 Å². The topological polar surface area (TPSA) is 62.1 Å². The molecule has 0 unspecified atom stereocenters. The number of carbonyl (C=O) groups is 1. The van der Waals surface area contributed by atoms with Crippen molar-refractivity contribution in [2.45, 2.75) is 32.8 Å². The van der Waals surface area contributed by atoms with E-state index in [-0.39, 0.29) is 30.7 Å². The Labute approximate surface area is 238 Å². The molecule has 3 heterocycles. The molecule has 1 fully saturated rings. The predicted molar refractivity (Wildman–Crippen MR) is 147 cm³/mol. The highest BCUT2D eigenvalue weighted by molar-refractivity contribution is 6.01. The third kappa shape index (κ3) is 6.64. The van der Waals surface area contributed by atoms with Gasteiger partial charge in [0.2, 0.25) is 0 Å². The van der Waals surface area contributed by atoms with E-state index in [9.17, 15) is 22.4 Å². The minimum absolute atomic E-state index is 0. The molecule has 1 aliphatic rings. The maximum Gasteiger partial charge on any atom is 0.573 e. The monoisotopic (exact) mass is 595 g/mol. The number of alkyl halides is 3. The van der Waals surface area contributed by atoms with Crippen LogP contribution in [0.25, 0.3) is 5.52 Å². The first-order valence-corrected chi connectivity index (χ1v) is 12.6. The standard InChI is InChI=1S/C28H26F5N5O2.ClH/c1-17-15-36(11-12-37(17)21-5-7-22(8-6-21)40-28(31,32)33)24-9-3-19(13-23(24)30)14-34-27(39)26-18(2)35-38-16-20(29)4-10-25(26)38;/h3-10,13,16-17H,11-12,14-15H2,1-2H3,(H,34,39);1H/t17-;/m0./s1. The highest BCUT2D eigenvalue weighted by Gasteiger charge is 2.31. The number of hydrogen-bond acceptors (Lipinski definition) is 5. The molecule has 2 aromatic carbocycles. The van der Waals surface area contributed by atoms with Crippen LogP contribution in [-0.2, 0) is 6.54 Å². The predicted octanol–water partition coefficient (Wildman–Crippen LogP) is 5.89. The van der Waals surface area contributed by atoms with Gasteiger partial charge in [-0.3, -0.25) is 4.79 Å². The molecular formula is C28H27ClF5N5O2. The van der Waals surface area contributed by atoms with Gasteiger partial charge in [-0.2, -0.15) is 5.10 Å². The summed E-state index contributed by atoms with van der Waals surface area (Å²) in [7, 11) is 0. The number of aryl methyl sites for hydroxylation is 1. The van der Waals surface area contributed by atoms with Crippen molar-refractivity contribution in [1.29, 1.82) is 0 Å². The molecule has 0 radical (unpaired) electrons. The first kappa shape index (κ1) is 29.9. The Kier molecular flexibility index (Phi) is 8.62. The van der Waals surface area contributed by atoms with Crippen molar-refractivity contribution in [3.05, 3.63) is 89.2 Å². The van der Waals surface area contributed by atoms with Crippen molar-refractivity contribution < 1.29 is 31.5 Å². The summed E-state index contributed by atoms with van der Waals surface area (Å²) in [6, 6.07) is 13.2. The van der Waals surface area contributed by atoms with E-state index in [1.165, 1.54) is 41.0 Å². The summed E-state index contributed by atoms with van der Waals surface area (Å²) >= 11 is 0. The summed E-state index contributed by atoms with van der Waals surface area (Å²) in [5, 5.41) is 6.95. The van der Waals surface area contributed by atoms with Crippen LogP contribution in [0, 0.1) is 18.6 Å². The normalized spacial score (nSPS) is 15.5. The Morgan fingerprint density at radius 2 is 1.80 bits per heavy atom. The van der Waals surface area contributed by atoms with Crippen LogP contribution in [0.1, 0.15) is 28.5 Å². The SMILES string of the molecule is Cc1nn2cc(F)ccc2c1C(=O)NCc1ccc(N2CCN(c3ccc(OC(F)(F)F)cc3)[C@@H](C)C2)c(F)c1.Cl. The van der Waals surface area contributed by atoms with E-state index in [2.05, 4.69) is 15.2 Å². The number of aromatic nitrogens is 2. The highest BCUT2D eigenvalue weighted by atomic mass is 35.5. The largest absolute Gasteiger partial charge is 0.573 e. The molecule has 1 saturated heterocycles. The van der Waals surface area contributed by atoms with Crippen molar-refractivity contribution in [2.24, 2.45) is 0 Å². The van der Waals surface area contributed by atoms with Crippen molar-refractivity contribution in [1.82, 2.24) is 14.9 Å². The molecule has 1 aliphatic heterocycles. The molecule has 0 bridgehead atoms. The number of hydrogen-bond donors (Lipinski definition) is 1. The number of nitrogens with zero attached hydrogens (tertiary/aromatic N) is 4. The molecule has 1 atom stereocenters. The Bertz CT molecular complexity index is 1540. The number of rotatable bonds is 6. The van der Waals surface area contributed by atoms with Gasteiger partial charge in [-0.25, -0.2) is 13.3 Å². The fourth-order valence-corrected chi connectivity index (χ4v) is 5.01. The van der Waals surface area contributed by atoms with Gasteiger partial charge in [-0.1, -0.05) is 6.07 Å². The summed E-state index contributed by atoms with van der Waals surface area (Å²) < 4.78 is 71.2. The molecule has 13 heteroatoms. The molecule has 41 heavy (non-hydrogen) atoms. The Morgan fingerprint density at radius 3 is 2.46 bits per heavy atom. The Morgan fingerprint density at radius 1 is 1.07 bits per heavy atom. The lowest BCUT2D eigenvalue weighted by atomic mass is 10.1. The molecule has 2 aromatic heterocycles. The number of nitrogens with one attached hydrogen (secondary N) is 1. The number of carbonyl (C=O) groups excluding carboxylic acids is 1. The van der Waals surface area contributed by atoms with E-state index in [0.717, 1.165) is 5.69 Å². The summed E-state index contributed by atoms with van der Waals surface area (Å²) in [6.45, 7) is 5.26. The third-order valence-corrected chi connectivity index (χ3v) is 6.83. The van der Waals surface area contributed by atoms with Gasteiger partial charge in [0.15, 0.2) is 0 Å². The number of piperazine rings is 1. The van der Waals surface area contributed by atoms with Crippen molar-refractivity contribution in [3.63, 3.8) is 0 Å². The first-order chi connectivity index (χ1) is 19.0. The molecule has 1 amide bonds. The van der Waals surface area contributed by atoms with Crippen molar-refractivity contribution >= 4 is 35.2 Å². The first-order valence-electron chi connectivity index (χ1n) is 12.6. The Hall–Kier alpha value is -4.06. The van der Waals surface area contributed by atoms with E-state index in [1.54, 1.807) is 31.2 Å². The maximum atomic E-state index is 15.1. The van der Waals surface area contributed by atoms with Gasteiger partial charge in [0.25, 0.3) is 5.91 Å². The number of halogens is 6. The maximum absolute atomic E-state index is 15.1. The number of pyridine rings is 1. The van der Waals surface area contributed by atoms with Crippen molar-refractivity contribution in [3.8, 4) is 5.75 Å². The smallest absolute Gasteiger partial charge is 0.406 e. The van der Waals surface area contributed by atoms with Crippen LogP contribution in [0.4, 0.5) is 33.3 Å². The second-order valence-corrected chi connectivity index (χ2v) is 9.64. The Balaban J connectivity index is 0.00000387. The molecule has 5 rings (SSSR count). The fraction of sp³-hybridized carbons (Fsp3) is 0.286. The molecule has 0 saturated carbocycles. The zero-order valence-electron chi connectivity index (χ0n) is 22.1. The van der Waals surface area contributed by atoms with Gasteiger partial charge in [-0.05, 0) is 67.9 Å². The van der Waals surface area contributed by atoms with Crippen LogP contribution < -0.4 is 19.9 Å². The van der Waals surface area contributed by atoms with E-state index < -0.39 is 23.9 Å². The lowest BCUT2D eigenvalue weighted by Crippen LogP contribution is -2.52. The number of fused-ring (bicyclic) bond motifs is 1. The zero-order chi connectivity index (χ0) is 28.6. The molecule has 1 N–H and O–H groups in total. The molecule has 0 spiro atoms. The quantitative estimate of drug-likeness (QED) is 0.282. The summed E-state index contributed by atoms with van der Waals surface area (Å²) in [5.41, 5.74) is 2.99. The van der Waals surface area contributed by atoms with Gasteiger partial charge in [0.1, 0.15) is 17.4 Å². The van der Waals surface area contributed by atoms with E-state index in [0.29, 0.717) is 47.7 Å². The van der Waals surface area contributed by atoms with Crippen LogP contribution >= 0.6 is 12.4 Å². The summed E-state index contributed by atoms with van der Waals surface area (Å²) in [5.74, 6) is -1.58. The second-order valence-electron chi connectivity index (χ2n) is 9.64. The van der Waals surface area contributed by atoms with Gasteiger partial charge >= 0.3 is 6.36 Å². The number of benzene rings is 2. The lowest BCUT2D eigenvalue weighted by Gasteiger charge is -2.42. The highest BCUT2D eigenvalue weighted by Crippen LogP contribution is 2.29.